The van der Waals surface area contributed by atoms with Crippen LogP contribution in [0.15, 0.2) is 29.6 Å². The number of alkyl halides is 2. The van der Waals surface area contributed by atoms with E-state index < -0.39 is 35.7 Å². The normalized spacial score (nSPS) is 14.5. The van der Waals surface area contributed by atoms with Crippen LogP contribution in [0.1, 0.15) is 29.9 Å². The monoisotopic (exact) mass is 451 g/mol. The second kappa shape index (κ2) is 8.43. The van der Waals surface area contributed by atoms with Gasteiger partial charge in [-0.25, -0.2) is 22.4 Å². The van der Waals surface area contributed by atoms with Crippen molar-refractivity contribution in [3.63, 3.8) is 0 Å². The van der Waals surface area contributed by atoms with E-state index in [2.05, 4.69) is 25.5 Å². The van der Waals surface area contributed by atoms with Gasteiger partial charge in [0, 0.05) is 12.3 Å². The number of pyridine rings is 2. The molecule has 4 rings (SSSR count). The highest BCUT2D eigenvalue weighted by molar-refractivity contribution is 7.86. The third kappa shape index (κ3) is 4.13. The van der Waals surface area contributed by atoms with E-state index in [0.717, 1.165) is 24.5 Å². The van der Waals surface area contributed by atoms with Crippen molar-refractivity contribution in [3.05, 3.63) is 41.5 Å². The van der Waals surface area contributed by atoms with Crippen LogP contribution in [0, 0.1) is 17.1 Å². The zero-order valence-electron chi connectivity index (χ0n) is 16.1. The molecule has 1 aliphatic rings. The molecule has 0 bridgehead atoms. The molecule has 0 aromatic carbocycles. The minimum absolute atomic E-state index is 0.0761. The van der Waals surface area contributed by atoms with Crippen LogP contribution in [0.2, 0.25) is 0 Å². The van der Waals surface area contributed by atoms with E-state index >= 15 is 0 Å². The molecule has 1 N–H and O–H groups in total. The zero-order chi connectivity index (χ0) is 22.1. The molecular formula is C19H16F3N5O3S. The van der Waals surface area contributed by atoms with Gasteiger partial charge in [-0.05, 0) is 30.4 Å². The Bertz CT molecular complexity index is 1210. The molecule has 1 atom stereocenters. The van der Waals surface area contributed by atoms with E-state index in [0.29, 0.717) is 17.1 Å². The molecule has 1 aliphatic carbocycles. The van der Waals surface area contributed by atoms with Crippen LogP contribution in [0.4, 0.5) is 18.9 Å². The molecule has 3 aromatic heterocycles. The first-order valence-corrected chi connectivity index (χ1v) is 10.3. The molecular weight excluding hydrogens is 435 g/mol. The fourth-order valence-electron chi connectivity index (χ4n) is 3.11. The molecule has 31 heavy (non-hydrogen) atoms. The third-order valence-corrected chi connectivity index (χ3v) is 5.74. The first kappa shape index (κ1) is 20.9. The summed E-state index contributed by atoms with van der Waals surface area (Å²) in [6.07, 6.45) is 2.27. The Morgan fingerprint density at radius 1 is 1.42 bits per heavy atom. The Morgan fingerprint density at radius 2 is 2.19 bits per heavy atom. The van der Waals surface area contributed by atoms with Crippen LogP contribution >= 0.6 is 0 Å². The highest BCUT2D eigenvalue weighted by Gasteiger charge is 2.28. The maximum Gasteiger partial charge on any atom is 0.272 e. The van der Waals surface area contributed by atoms with Gasteiger partial charge >= 0.3 is 0 Å². The number of nitrogens with one attached hydrogen (secondary N) is 1. The van der Waals surface area contributed by atoms with Gasteiger partial charge in [0.1, 0.15) is 11.8 Å². The molecule has 0 amide bonds. The van der Waals surface area contributed by atoms with Crippen molar-refractivity contribution in [3.8, 4) is 17.8 Å². The van der Waals surface area contributed by atoms with E-state index in [1.807, 2.05) is 6.07 Å². The number of ether oxygens (including phenoxy) is 2. The number of hydrogen-bond donors (Lipinski definition) is 1. The largest absolute Gasteiger partial charge is 0.479 e. The number of fused-ring (bicyclic) bond motifs is 1. The van der Waals surface area contributed by atoms with Gasteiger partial charge in [0.25, 0.3) is 12.3 Å². The molecule has 0 spiro atoms. The van der Waals surface area contributed by atoms with Crippen molar-refractivity contribution in [2.45, 2.75) is 30.2 Å². The van der Waals surface area contributed by atoms with Crippen molar-refractivity contribution in [2.24, 2.45) is 0 Å². The number of nitriles is 1. The molecule has 162 valence electrons. The van der Waals surface area contributed by atoms with Crippen molar-refractivity contribution < 1.29 is 26.9 Å². The number of nitrogens with zero attached hydrogens (tertiary/aromatic N) is 4. The molecule has 1 saturated carbocycles. The number of imidazole rings is 1. The molecule has 12 heteroatoms. The zero-order valence-corrected chi connectivity index (χ0v) is 17.0. The minimum Gasteiger partial charge on any atom is -0.479 e. The average Bonchev–Trinajstić information content (AvgIpc) is 3.50. The van der Waals surface area contributed by atoms with Crippen LogP contribution in [-0.4, -0.2) is 38.7 Å². The molecule has 8 nitrogen and oxygen atoms in total. The topological polar surface area (TPSA) is 102 Å². The Hall–Kier alpha value is -3.33. The summed E-state index contributed by atoms with van der Waals surface area (Å²) in [5.41, 5.74) is 1.65. The van der Waals surface area contributed by atoms with Crippen LogP contribution in [0.25, 0.3) is 5.65 Å². The molecule has 3 aromatic rings. The van der Waals surface area contributed by atoms with Crippen molar-refractivity contribution in [2.75, 3.05) is 18.4 Å². The van der Waals surface area contributed by atoms with E-state index in [4.69, 9.17) is 4.74 Å². The summed E-state index contributed by atoms with van der Waals surface area (Å²) in [7, 11) is -0.700. The maximum absolute atomic E-state index is 14.2. The van der Waals surface area contributed by atoms with Gasteiger partial charge < -0.3 is 9.47 Å². The van der Waals surface area contributed by atoms with Crippen LogP contribution in [0.5, 0.6) is 11.8 Å². The molecule has 3 heterocycles. The Morgan fingerprint density at radius 3 is 2.84 bits per heavy atom. The van der Waals surface area contributed by atoms with Gasteiger partial charge in [-0.15, -0.1) is 0 Å². The molecule has 0 saturated heterocycles. The van der Waals surface area contributed by atoms with Crippen LogP contribution in [0.3, 0.4) is 0 Å². The number of anilines is 1. The minimum atomic E-state index is -2.80. The van der Waals surface area contributed by atoms with E-state index in [1.165, 1.54) is 17.7 Å². The Kier molecular flexibility index (Phi) is 5.69. The summed E-state index contributed by atoms with van der Waals surface area (Å²) in [4.78, 5) is 7.94. The first-order valence-electron chi connectivity index (χ1n) is 9.16. The predicted octanol–water partition coefficient (Wildman–Crippen LogP) is 3.40. The lowest BCUT2D eigenvalue weighted by molar-refractivity contribution is 0.0770. The number of hydrogen-bond acceptors (Lipinski definition) is 6. The van der Waals surface area contributed by atoms with Gasteiger partial charge in [0.05, 0.1) is 18.9 Å². The van der Waals surface area contributed by atoms with E-state index in [1.54, 1.807) is 6.20 Å². The highest BCUT2D eigenvalue weighted by atomic mass is 32.2. The maximum atomic E-state index is 14.2. The second-order valence-electron chi connectivity index (χ2n) is 6.73. The highest BCUT2D eigenvalue weighted by Crippen LogP contribution is 2.42. The van der Waals surface area contributed by atoms with Crippen molar-refractivity contribution >= 4 is 22.3 Å². The molecule has 0 aliphatic heterocycles. The lowest BCUT2D eigenvalue weighted by Gasteiger charge is -2.13. The fraction of sp³-hybridized carbons (Fsp3) is 0.316. The van der Waals surface area contributed by atoms with Gasteiger partial charge in [-0.2, -0.15) is 10.2 Å². The summed E-state index contributed by atoms with van der Waals surface area (Å²) in [6, 6.07) is 4.86. The molecule has 1 fully saturated rings. The summed E-state index contributed by atoms with van der Waals surface area (Å²) < 4.78 is 65.5. The van der Waals surface area contributed by atoms with Crippen LogP contribution < -0.4 is 14.2 Å². The number of aromatic nitrogens is 3. The number of rotatable bonds is 8. The predicted molar refractivity (Wildman–Crippen MR) is 104 cm³/mol. The van der Waals surface area contributed by atoms with Gasteiger partial charge in [-0.1, -0.05) is 0 Å². The first-order chi connectivity index (χ1) is 14.9. The summed E-state index contributed by atoms with van der Waals surface area (Å²) >= 11 is 0. The average molecular weight is 451 g/mol. The molecule has 0 radical (unpaired) electrons. The standard InChI is InChI=1S/C19H16F3N5O3S/c1-29-19-14(6-13(20)18(25-19)30-9-15(21)22)26-31(28)16-8-24-17-12(7-23)11(10-2-3-10)4-5-27(16)17/h4-6,8,10,15,26H,2-3,9H2,1H3. The lowest BCUT2D eigenvalue weighted by atomic mass is 10.1. The Labute approximate surface area is 177 Å². The lowest BCUT2D eigenvalue weighted by Crippen LogP contribution is -2.12. The fourth-order valence-corrected chi connectivity index (χ4v) is 4.03. The van der Waals surface area contributed by atoms with Gasteiger partial charge in [0.15, 0.2) is 34.1 Å². The summed E-state index contributed by atoms with van der Waals surface area (Å²) in [5, 5.41) is 9.78. The second-order valence-corrected chi connectivity index (χ2v) is 7.89. The number of halogens is 3. The van der Waals surface area contributed by atoms with Crippen molar-refractivity contribution in [1.82, 2.24) is 14.4 Å². The van der Waals surface area contributed by atoms with E-state index in [9.17, 15) is 22.6 Å². The van der Waals surface area contributed by atoms with Gasteiger partial charge in [-0.3, -0.25) is 9.12 Å². The molecule has 1 unspecified atom stereocenters. The van der Waals surface area contributed by atoms with Crippen molar-refractivity contribution in [1.29, 1.82) is 5.26 Å². The quantitative estimate of drug-likeness (QED) is 0.563. The van der Waals surface area contributed by atoms with Crippen LogP contribution in [-0.2, 0) is 11.0 Å². The van der Waals surface area contributed by atoms with Gasteiger partial charge in [0.2, 0.25) is 5.88 Å². The Balaban J connectivity index is 1.63. The SMILES string of the molecule is COc1nc(OCC(F)F)c(F)cc1NS(=O)c1cnc2c(C#N)c(C3CC3)ccn12. The summed E-state index contributed by atoms with van der Waals surface area (Å²) in [5.74, 6) is -1.54. The number of methoxy groups -OCH3 is 1. The smallest absolute Gasteiger partial charge is 0.272 e. The third-order valence-electron chi connectivity index (χ3n) is 4.65. The van der Waals surface area contributed by atoms with E-state index in [-0.39, 0.29) is 16.6 Å². The summed E-state index contributed by atoms with van der Waals surface area (Å²) in [6.45, 7) is -1.03.